The Labute approximate surface area is 83.3 Å². The summed E-state index contributed by atoms with van der Waals surface area (Å²) in [6.07, 6.45) is 3.50. The second-order valence-electron chi connectivity index (χ2n) is 2.73. The lowest BCUT2D eigenvalue weighted by molar-refractivity contribution is 0.201. The number of hydrogen-bond acceptors (Lipinski definition) is 3. The van der Waals surface area contributed by atoms with Gasteiger partial charge in [-0.05, 0) is 17.7 Å². The maximum absolute atomic E-state index is 8.56. The van der Waals surface area contributed by atoms with E-state index in [-0.39, 0.29) is 13.2 Å². The van der Waals surface area contributed by atoms with Crippen LogP contribution >= 0.6 is 0 Å². The zero-order chi connectivity index (χ0) is 10.2. The second kappa shape index (κ2) is 6.18. The average molecular weight is 194 g/mol. The summed E-state index contributed by atoms with van der Waals surface area (Å²) >= 11 is 0. The Morgan fingerprint density at radius 3 is 2.43 bits per heavy atom. The van der Waals surface area contributed by atoms with Crippen molar-refractivity contribution in [3.8, 4) is 5.75 Å². The van der Waals surface area contributed by atoms with Crippen LogP contribution in [-0.2, 0) is 0 Å². The fourth-order valence-electron chi connectivity index (χ4n) is 1.03. The molecule has 0 radical (unpaired) electrons. The molecule has 0 aliphatic heterocycles. The zero-order valence-electron chi connectivity index (χ0n) is 7.89. The van der Waals surface area contributed by atoms with Gasteiger partial charge in [0, 0.05) is 0 Å². The molecule has 3 heteroatoms. The maximum Gasteiger partial charge on any atom is 0.119 e. The third kappa shape index (κ3) is 3.60. The molecule has 76 valence electrons. The molecule has 0 saturated carbocycles. The molecule has 1 rings (SSSR count). The lowest BCUT2D eigenvalue weighted by Gasteiger charge is -2.03. The van der Waals surface area contributed by atoms with Gasteiger partial charge in [-0.3, -0.25) is 0 Å². The van der Waals surface area contributed by atoms with Gasteiger partial charge >= 0.3 is 0 Å². The summed E-state index contributed by atoms with van der Waals surface area (Å²) in [5.41, 5.74) is 1.01. The molecule has 0 unspecified atom stereocenters. The molecule has 1 aromatic rings. The van der Waals surface area contributed by atoms with Crippen molar-refractivity contribution >= 4 is 6.08 Å². The molecular formula is C11H14O3. The van der Waals surface area contributed by atoms with Gasteiger partial charge in [-0.1, -0.05) is 24.3 Å². The molecule has 0 amide bonds. The van der Waals surface area contributed by atoms with Crippen LogP contribution < -0.4 is 4.74 Å². The van der Waals surface area contributed by atoms with Gasteiger partial charge in [0.15, 0.2) is 0 Å². The van der Waals surface area contributed by atoms with E-state index in [1.807, 2.05) is 30.3 Å². The van der Waals surface area contributed by atoms with Crippen molar-refractivity contribution in [2.45, 2.75) is 0 Å². The van der Waals surface area contributed by atoms with E-state index in [1.165, 1.54) is 0 Å². The molecule has 2 N–H and O–H groups in total. The Bertz CT molecular complexity index is 277. The molecule has 0 heterocycles. The highest BCUT2D eigenvalue weighted by Crippen LogP contribution is 2.12. The predicted molar refractivity (Wildman–Crippen MR) is 55.1 cm³/mol. The van der Waals surface area contributed by atoms with Crippen LogP contribution in [0.3, 0.4) is 0 Å². The second-order valence-corrected chi connectivity index (χ2v) is 2.73. The van der Waals surface area contributed by atoms with Crippen LogP contribution in [0, 0.1) is 0 Å². The highest BCUT2D eigenvalue weighted by Gasteiger charge is 1.91. The molecule has 0 aliphatic rings. The molecule has 1 aromatic carbocycles. The number of hydrogen-bond donors (Lipinski definition) is 2. The monoisotopic (exact) mass is 194 g/mol. The summed E-state index contributed by atoms with van der Waals surface area (Å²) in [5, 5.41) is 17.1. The first-order valence-corrected chi connectivity index (χ1v) is 4.48. The first-order chi connectivity index (χ1) is 6.86. The van der Waals surface area contributed by atoms with E-state index in [4.69, 9.17) is 14.9 Å². The molecule has 0 fully saturated rings. The number of aliphatic hydroxyl groups excluding tert-OH is 2. The normalized spacial score (nSPS) is 10.7. The maximum atomic E-state index is 8.56. The number of ether oxygens (including phenoxy) is 1. The van der Waals surface area contributed by atoms with Gasteiger partial charge in [0.2, 0.25) is 0 Å². The van der Waals surface area contributed by atoms with Gasteiger partial charge in [-0.15, -0.1) is 0 Å². The molecule has 14 heavy (non-hydrogen) atoms. The van der Waals surface area contributed by atoms with Gasteiger partial charge in [0.1, 0.15) is 12.4 Å². The van der Waals surface area contributed by atoms with Crippen molar-refractivity contribution in [1.82, 2.24) is 0 Å². The Kier molecular flexibility index (Phi) is 4.75. The van der Waals surface area contributed by atoms with Crippen molar-refractivity contribution in [3.05, 3.63) is 35.9 Å². The van der Waals surface area contributed by atoms with E-state index in [1.54, 1.807) is 6.08 Å². The highest BCUT2D eigenvalue weighted by molar-refractivity contribution is 5.50. The number of benzene rings is 1. The Morgan fingerprint density at radius 2 is 1.86 bits per heavy atom. The van der Waals surface area contributed by atoms with Gasteiger partial charge in [-0.2, -0.15) is 0 Å². The Morgan fingerprint density at radius 1 is 1.14 bits per heavy atom. The third-order valence-electron chi connectivity index (χ3n) is 1.66. The van der Waals surface area contributed by atoms with Crippen LogP contribution in [-0.4, -0.2) is 30.0 Å². The smallest absolute Gasteiger partial charge is 0.119 e. The standard InChI is InChI=1S/C11H14O3/c12-7-1-2-10-3-5-11(6-4-10)14-9-8-13/h1-6,12-13H,7-9H2. The van der Waals surface area contributed by atoms with E-state index < -0.39 is 0 Å². The van der Waals surface area contributed by atoms with E-state index in [9.17, 15) is 0 Å². The minimum Gasteiger partial charge on any atom is -0.491 e. The summed E-state index contributed by atoms with van der Waals surface area (Å²) in [5.74, 6) is 0.736. The van der Waals surface area contributed by atoms with E-state index >= 15 is 0 Å². The summed E-state index contributed by atoms with van der Waals surface area (Å²) < 4.78 is 5.19. The van der Waals surface area contributed by atoms with Crippen LogP contribution in [0.15, 0.2) is 30.3 Å². The topological polar surface area (TPSA) is 49.7 Å². The van der Waals surface area contributed by atoms with E-state index in [0.717, 1.165) is 11.3 Å². The fraction of sp³-hybridized carbons (Fsp3) is 0.273. The molecule has 0 aromatic heterocycles. The lowest BCUT2D eigenvalue weighted by Crippen LogP contribution is -2.01. The number of rotatable bonds is 5. The van der Waals surface area contributed by atoms with Crippen LogP contribution in [0.25, 0.3) is 6.08 Å². The minimum atomic E-state index is 0.0200. The van der Waals surface area contributed by atoms with Gasteiger partial charge in [0.05, 0.1) is 13.2 Å². The predicted octanol–water partition coefficient (Wildman–Crippen LogP) is 1.06. The highest BCUT2D eigenvalue weighted by atomic mass is 16.5. The summed E-state index contributed by atoms with van der Waals surface area (Å²) in [6, 6.07) is 7.43. The summed E-state index contributed by atoms with van der Waals surface area (Å²) in [7, 11) is 0. The fourth-order valence-corrected chi connectivity index (χ4v) is 1.03. The lowest BCUT2D eigenvalue weighted by atomic mass is 10.2. The van der Waals surface area contributed by atoms with Crippen LogP contribution in [0.1, 0.15) is 5.56 Å². The van der Waals surface area contributed by atoms with E-state index in [2.05, 4.69) is 0 Å². The third-order valence-corrected chi connectivity index (χ3v) is 1.66. The molecule has 3 nitrogen and oxygen atoms in total. The Hall–Kier alpha value is -1.32. The summed E-state index contributed by atoms with van der Waals surface area (Å²) in [4.78, 5) is 0. The molecule has 0 atom stereocenters. The van der Waals surface area contributed by atoms with Crippen molar-refractivity contribution in [1.29, 1.82) is 0 Å². The van der Waals surface area contributed by atoms with Crippen molar-refractivity contribution in [2.24, 2.45) is 0 Å². The number of aliphatic hydroxyl groups is 2. The molecule has 0 saturated heterocycles. The first kappa shape index (κ1) is 10.8. The van der Waals surface area contributed by atoms with Gasteiger partial charge in [-0.25, -0.2) is 0 Å². The first-order valence-electron chi connectivity index (χ1n) is 4.48. The average Bonchev–Trinajstić information content (AvgIpc) is 2.25. The van der Waals surface area contributed by atoms with Crippen LogP contribution in [0.4, 0.5) is 0 Å². The summed E-state index contributed by atoms with van der Waals surface area (Å²) in [6.45, 7) is 0.376. The largest absolute Gasteiger partial charge is 0.491 e. The minimum absolute atomic E-state index is 0.0200. The molecule has 0 spiro atoms. The Balaban J connectivity index is 2.54. The molecule has 0 aliphatic carbocycles. The van der Waals surface area contributed by atoms with Crippen LogP contribution in [0.2, 0.25) is 0 Å². The quantitative estimate of drug-likeness (QED) is 0.737. The molecule has 0 bridgehead atoms. The molecular weight excluding hydrogens is 180 g/mol. The van der Waals surface area contributed by atoms with Gasteiger partial charge in [0.25, 0.3) is 0 Å². The van der Waals surface area contributed by atoms with Gasteiger partial charge < -0.3 is 14.9 Å². The van der Waals surface area contributed by atoms with Crippen molar-refractivity contribution in [2.75, 3.05) is 19.8 Å². The van der Waals surface area contributed by atoms with Crippen molar-refractivity contribution in [3.63, 3.8) is 0 Å². The van der Waals surface area contributed by atoms with E-state index in [0.29, 0.717) is 6.61 Å². The van der Waals surface area contributed by atoms with Crippen LogP contribution in [0.5, 0.6) is 5.75 Å². The van der Waals surface area contributed by atoms with Crippen molar-refractivity contribution < 1.29 is 14.9 Å². The zero-order valence-corrected chi connectivity index (χ0v) is 7.89. The SMILES string of the molecule is OCC=Cc1ccc(OCCO)cc1.